The first-order valence-electron chi connectivity index (χ1n) is 9.93. The SMILES string of the molecule is [B]C(=O)Oc1ccc(C(=O)OCC(C)OC(=O)C(NC(=O)C(N)C(C)C)C(C)C)cc1. The second-order valence-electron chi connectivity index (χ2n) is 7.79. The Morgan fingerprint density at radius 2 is 1.58 bits per heavy atom. The fourth-order valence-corrected chi connectivity index (χ4v) is 2.41. The molecule has 3 atom stereocenters. The van der Waals surface area contributed by atoms with Crippen molar-refractivity contribution in [3.63, 3.8) is 0 Å². The van der Waals surface area contributed by atoms with Crippen LogP contribution < -0.4 is 15.8 Å². The minimum absolute atomic E-state index is 0.0846. The predicted molar refractivity (Wildman–Crippen MR) is 114 cm³/mol. The lowest BCUT2D eigenvalue weighted by Gasteiger charge is -2.25. The molecule has 0 aliphatic carbocycles. The molecule has 0 bridgehead atoms. The summed E-state index contributed by atoms with van der Waals surface area (Å²) in [6, 6.07) is 3.96. The van der Waals surface area contributed by atoms with Gasteiger partial charge in [-0.25, -0.2) is 9.59 Å². The number of carbonyl (C=O) groups excluding carboxylic acids is 4. The van der Waals surface area contributed by atoms with E-state index in [1.165, 1.54) is 24.3 Å². The number of benzene rings is 1. The van der Waals surface area contributed by atoms with E-state index < -0.39 is 41.9 Å². The van der Waals surface area contributed by atoms with Crippen molar-refractivity contribution in [1.82, 2.24) is 5.32 Å². The summed E-state index contributed by atoms with van der Waals surface area (Å²) >= 11 is 0. The van der Waals surface area contributed by atoms with Crippen LogP contribution in [0.5, 0.6) is 5.75 Å². The number of hydrogen-bond acceptors (Lipinski definition) is 8. The summed E-state index contributed by atoms with van der Waals surface area (Å²) in [4.78, 5) is 47.5. The van der Waals surface area contributed by atoms with Crippen LogP contribution in [0.25, 0.3) is 0 Å². The quantitative estimate of drug-likeness (QED) is 0.420. The number of rotatable bonds is 10. The average Bonchev–Trinajstić information content (AvgIpc) is 2.68. The fraction of sp³-hybridized carbons (Fsp3) is 0.524. The molecule has 1 aromatic rings. The summed E-state index contributed by atoms with van der Waals surface area (Å²) in [6.45, 7) is 8.53. The number of amides is 1. The van der Waals surface area contributed by atoms with Gasteiger partial charge in [0, 0.05) is 0 Å². The minimum Gasteiger partial charge on any atom is -0.458 e. The van der Waals surface area contributed by atoms with Gasteiger partial charge in [-0.2, -0.15) is 0 Å². The lowest BCUT2D eigenvalue weighted by Crippen LogP contribution is -2.53. The topological polar surface area (TPSA) is 134 Å². The van der Waals surface area contributed by atoms with Gasteiger partial charge < -0.3 is 25.3 Å². The zero-order valence-electron chi connectivity index (χ0n) is 18.4. The van der Waals surface area contributed by atoms with Gasteiger partial charge in [-0.3, -0.25) is 9.59 Å². The number of nitrogens with two attached hydrogens (primary N) is 1. The molecule has 0 saturated heterocycles. The standard InChI is InChI=1S/C21H29BN2O7/c1-11(2)16(23)18(25)24-17(12(3)4)20(27)30-13(5)10-29-19(26)14-6-8-15(9-7-14)31-21(22)28/h6-9,11-13,16-17H,10,23H2,1-5H3,(H,24,25). The van der Waals surface area contributed by atoms with Gasteiger partial charge in [0.25, 0.3) is 0 Å². The molecule has 3 N–H and O–H groups in total. The van der Waals surface area contributed by atoms with E-state index in [1.807, 2.05) is 13.8 Å². The van der Waals surface area contributed by atoms with Gasteiger partial charge in [0.05, 0.1) is 11.6 Å². The highest BCUT2D eigenvalue weighted by atomic mass is 16.6. The number of carbonyl (C=O) groups is 4. The van der Waals surface area contributed by atoms with Crippen molar-refractivity contribution >= 4 is 31.6 Å². The molecule has 0 heterocycles. The van der Waals surface area contributed by atoms with Crippen molar-refractivity contribution in [2.45, 2.75) is 52.8 Å². The van der Waals surface area contributed by atoms with E-state index in [0.717, 1.165) is 0 Å². The van der Waals surface area contributed by atoms with E-state index in [4.69, 9.17) is 23.1 Å². The highest BCUT2D eigenvalue weighted by Crippen LogP contribution is 2.14. The third-order valence-electron chi connectivity index (χ3n) is 4.31. The molecular weight excluding hydrogens is 403 g/mol. The van der Waals surface area contributed by atoms with E-state index >= 15 is 0 Å². The molecule has 1 amide bonds. The van der Waals surface area contributed by atoms with E-state index in [1.54, 1.807) is 20.8 Å². The van der Waals surface area contributed by atoms with Gasteiger partial charge >= 0.3 is 11.9 Å². The zero-order valence-corrected chi connectivity index (χ0v) is 18.4. The van der Waals surface area contributed by atoms with Gasteiger partial charge in [0.15, 0.2) is 0 Å². The van der Waals surface area contributed by atoms with Crippen LogP contribution in [0.15, 0.2) is 24.3 Å². The Morgan fingerprint density at radius 1 is 1.00 bits per heavy atom. The summed E-state index contributed by atoms with van der Waals surface area (Å²) in [5.74, 6) is -2.82. The molecule has 0 saturated carbocycles. The van der Waals surface area contributed by atoms with Crippen LogP contribution in [0.4, 0.5) is 4.79 Å². The molecule has 0 aliphatic heterocycles. The molecule has 1 rings (SSSR count). The Morgan fingerprint density at radius 3 is 2.06 bits per heavy atom. The van der Waals surface area contributed by atoms with Crippen LogP contribution in [-0.4, -0.2) is 56.4 Å². The highest BCUT2D eigenvalue weighted by molar-refractivity contribution is 6.55. The Kier molecular flexibility index (Phi) is 10.2. The van der Waals surface area contributed by atoms with Crippen molar-refractivity contribution in [2.75, 3.05) is 6.61 Å². The molecule has 2 radical (unpaired) electrons. The maximum Gasteiger partial charge on any atom is 0.338 e. The second-order valence-corrected chi connectivity index (χ2v) is 7.79. The lowest BCUT2D eigenvalue weighted by molar-refractivity contribution is -0.155. The summed E-state index contributed by atoms with van der Waals surface area (Å²) in [5, 5.41) is 2.62. The smallest absolute Gasteiger partial charge is 0.338 e. The summed E-state index contributed by atoms with van der Waals surface area (Å²) < 4.78 is 15.1. The molecule has 10 heteroatoms. The molecule has 0 fully saturated rings. The molecule has 0 aliphatic rings. The maximum atomic E-state index is 12.5. The largest absolute Gasteiger partial charge is 0.458 e. The van der Waals surface area contributed by atoms with Crippen molar-refractivity contribution < 1.29 is 33.4 Å². The molecule has 0 aromatic heterocycles. The molecular formula is C21H29BN2O7. The Balaban J connectivity index is 2.59. The molecule has 3 unspecified atom stereocenters. The highest BCUT2D eigenvalue weighted by Gasteiger charge is 2.30. The van der Waals surface area contributed by atoms with Crippen molar-refractivity contribution in [3.05, 3.63) is 29.8 Å². The van der Waals surface area contributed by atoms with Crippen LogP contribution in [0.3, 0.4) is 0 Å². The van der Waals surface area contributed by atoms with Crippen LogP contribution in [-0.2, 0) is 19.1 Å². The first kappa shape index (κ1) is 26.2. The molecule has 31 heavy (non-hydrogen) atoms. The number of esters is 2. The minimum atomic E-state index is -0.965. The lowest BCUT2D eigenvalue weighted by atomic mass is 10.0. The fourth-order valence-electron chi connectivity index (χ4n) is 2.41. The summed E-state index contributed by atoms with van der Waals surface area (Å²) in [6.07, 6.45) is -0.745. The average molecular weight is 432 g/mol. The predicted octanol–water partition coefficient (Wildman–Crippen LogP) is 1.57. The van der Waals surface area contributed by atoms with E-state index in [-0.39, 0.29) is 29.8 Å². The number of hydrogen-bond donors (Lipinski definition) is 2. The van der Waals surface area contributed by atoms with E-state index in [0.29, 0.717) is 0 Å². The van der Waals surface area contributed by atoms with Gasteiger partial charge in [0.1, 0.15) is 24.5 Å². The van der Waals surface area contributed by atoms with Crippen molar-refractivity contribution in [3.8, 4) is 5.75 Å². The van der Waals surface area contributed by atoms with Gasteiger partial charge in [-0.15, -0.1) is 0 Å². The van der Waals surface area contributed by atoms with Crippen molar-refractivity contribution in [2.24, 2.45) is 17.6 Å². The van der Waals surface area contributed by atoms with E-state index in [9.17, 15) is 19.2 Å². The van der Waals surface area contributed by atoms with Gasteiger partial charge in [-0.1, -0.05) is 27.7 Å². The second kappa shape index (κ2) is 12.1. The van der Waals surface area contributed by atoms with Crippen LogP contribution in [0.2, 0.25) is 0 Å². The number of nitrogens with one attached hydrogen (secondary N) is 1. The van der Waals surface area contributed by atoms with Gasteiger partial charge in [0.2, 0.25) is 19.6 Å². The van der Waals surface area contributed by atoms with E-state index in [2.05, 4.69) is 10.1 Å². The third kappa shape index (κ3) is 8.79. The van der Waals surface area contributed by atoms with Crippen LogP contribution in [0.1, 0.15) is 45.0 Å². The Hall–Kier alpha value is -2.88. The molecule has 168 valence electrons. The third-order valence-corrected chi connectivity index (χ3v) is 4.31. The first-order valence-corrected chi connectivity index (χ1v) is 9.93. The molecule has 1 aromatic carbocycles. The first-order chi connectivity index (χ1) is 14.4. The van der Waals surface area contributed by atoms with Crippen molar-refractivity contribution in [1.29, 1.82) is 0 Å². The number of ether oxygens (including phenoxy) is 3. The monoisotopic (exact) mass is 432 g/mol. The molecule has 9 nitrogen and oxygen atoms in total. The zero-order chi connectivity index (χ0) is 23.7. The maximum absolute atomic E-state index is 12.5. The summed E-state index contributed by atoms with van der Waals surface area (Å²) in [7, 11) is 4.91. The summed E-state index contributed by atoms with van der Waals surface area (Å²) in [5.41, 5.74) is 6.04. The van der Waals surface area contributed by atoms with Crippen LogP contribution >= 0.6 is 0 Å². The molecule has 0 spiro atoms. The normalized spacial score (nSPS) is 13.8. The Labute approximate surface area is 183 Å². The van der Waals surface area contributed by atoms with Crippen LogP contribution in [0, 0.1) is 11.8 Å². The van der Waals surface area contributed by atoms with Gasteiger partial charge in [-0.05, 0) is 43.0 Å². The Bertz CT molecular complexity index is 780.